The van der Waals surface area contributed by atoms with E-state index in [1.54, 1.807) is 0 Å². The molecule has 2 saturated carbocycles. The number of hydrogen-bond acceptors (Lipinski definition) is 2. The van der Waals surface area contributed by atoms with Crippen LogP contribution in [-0.2, 0) is 4.79 Å². The zero-order valence-electron chi connectivity index (χ0n) is 12.0. The van der Waals surface area contributed by atoms with Crippen molar-refractivity contribution in [2.24, 2.45) is 16.6 Å². The second kappa shape index (κ2) is 5.78. The van der Waals surface area contributed by atoms with Crippen LogP contribution in [0.4, 0.5) is 0 Å². The summed E-state index contributed by atoms with van der Waals surface area (Å²) in [6, 6.07) is 0. The number of nitrogens with two attached hydrogens (primary N) is 1. The van der Waals surface area contributed by atoms with Gasteiger partial charge in [0, 0.05) is 6.54 Å². The number of amides is 1. The number of rotatable bonds is 4. The molecule has 0 aromatic rings. The molecular formula is C15H26N2OS. The molecule has 0 spiro atoms. The molecule has 0 aromatic carbocycles. The Morgan fingerprint density at radius 2 is 1.63 bits per heavy atom. The van der Waals surface area contributed by atoms with Gasteiger partial charge in [0.25, 0.3) is 0 Å². The molecule has 1 amide bonds. The first kappa shape index (κ1) is 14.8. The maximum Gasteiger partial charge on any atom is 0.233 e. The average molecular weight is 282 g/mol. The molecule has 2 aliphatic carbocycles. The van der Waals surface area contributed by atoms with Gasteiger partial charge in [-0.05, 0) is 31.1 Å². The molecule has 0 saturated heterocycles. The van der Waals surface area contributed by atoms with Gasteiger partial charge in [-0.25, -0.2) is 0 Å². The van der Waals surface area contributed by atoms with Crippen LogP contribution in [0, 0.1) is 10.8 Å². The summed E-state index contributed by atoms with van der Waals surface area (Å²) in [5, 5.41) is 3.15. The molecule has 2 fully saturated rings. The third-order valence-corrected chi connectivity index (χ3v) is 5.49. The number of carbonyl (C=O) groups excluding carboxylic acids is 1. The van der Waals surface area contributed by atoms with E-state index in [1.165, 1.54) is 32.1 Å². The maximum atomic E-state index is 12.6. The zero-order valence-corrected chi connectivity index (χ0v) is 12.8. The van der Waals surface area contributed by atoms with E-state index < -0.39 is 5.41 Å². The van der Waals surface area contributed by atoms with Gasteiger partial charge in [0.05, 0.1) is 10.4 Å². The van der Waals surface area contributed by atoms with E-state index in [0.717, 1.165) is 32.2 Å². The Kier molecular flexibility index (Phi) is 4.49. The number of thiocarbonyl (C=S) groups is 1. The summed E-state index contributed by atoms with van der Waals surface area (Å²) in [6.45, 7) is 3.05. The van der Waals surface area contributed by atoms with Crippen LogP contribution in [0.15, 0.2) is 0 Å². The smallest absolute Gasteiger partial charge is 0.233 e. The lowest BCUT2D eigenvalue weighted by atomic mass is 9.73. The summed E-state index contributed by atoms with van der Waals surface area (Å²) >= 11 is 5.20. The van der Waals surface area contributed by atoms with Crippen LogP contribution in [0.3, 0.4) is 0 Å². The van der Waals surface area contributed by atoms with Crippen molar-refractivity contribution in [2.45, 2.75) is 64.7 Å². The lowest BCUT2D eigenvalue weighted by molar-refractivity contribution is -0.129. The van der Waals surface area contributed by atoms with Gasteiger partial charge in [-0.2, -0.15) is 0 Å². The highest BCUT2D eigenvalue weighted by atomic mass is 32.1. The van der Waals surface area contributed by atoms with E-state index in [4.69, 9.17) is 18.0 Å². The molecule has 3 nitrogen and oxygen atoms in total. The van der Waals surface area contributed by atoms with Gasteiger partial charge in [-0.3, -0.25) is 4.79 Å². The van der Waals surface area contributed by atoms with Crippen molar-refractivity contribution in [3.8, 4) is 0 Å². The Morgan fingerprint density at radius 3 is 2.16 bits per heavy atom. The lowest BCUT2D eigenvalue weighted by Gasteiger charge is -2.36. The van der Waals surface area contributed by atoms with E-state index in [9.17, 15) is 4.79 Å². The van der Waals surface area contributed by atoms with E-state index in [0.29, 0.717) is 4.99 Å². The van der Waals surface area contributed by atoms with E-state index in [2.05, 4.69) is 12.2 Å². The maximum absolute atomic E-state index is 12.6. The third-order valence-electron chi connectivity index (χ3n) is 5.10. The van der Waals surface area contributed by atoms with Gasteiger partial charge in [-0.1, -0.05) is 51.2 Å². The summed E-state index contributed by atoms with van der Waals surface area (Å²) in [6.07, 6.45) is 9.95. The molecule has 0 aromatic heterocycles. The van der Waals surface area contributed by atoms with Crippen LogP contribution < -0.4 is 11.1 Å². The van der Waals surface area contributed by atoms with Crippen molar-refractivity contribution in [2.75, 3.05) is 6.54 Å². The van der Waals surface area contributed by atoms with Crippen molar-refractivity contribution >= 4 is 23.1 Å². The largest absolute Gasteiger partial charge is 0.392 e. The molecule has 4 heteroatoms. The second-order valence-electron chi connectivity index (χ2n) is 6.71. The highest BCUT2D eigenvalue weighted by molar-refractivity contribution is 7.80. The minimum atomic E-state index is -0.567. The SMILES string of the molecule is CC1(CNC(=O)C2(C(N)=S)CCCCC2)CCCC1. The molecule has 0 aliphatic heterocycles. The van der Waals surface area contributed by atoms with Gasteiger partial charge < -0.3 is 11.1 Å². The van der Waals surface area contributed by atoms with E-state index in [1.807, 2.05) is 0 Å². The average Bonchev–Trinajstić information content (AvgIpc) is 2.84. The molecule has 3 N–H and O–H groups in total. The van der Waals surface area contributed by atoms with Crippen molar-refractivity contribution in [3.63, 3.8) is 0 Å². The standard InChI is InChI=1S/C15H26N2OS/c1-14(7-5-6-8-14)11-17-13(18)15(12(16)19)9-3-2-4-10-15/h2-11H2,1H3,(H2,16,19)(H,17,18). The molecule has 2 rings (SSSR count). The number of carbonyl (C=O) groups is 1. The van der Waals surface area contributed by atoms with Gasteiger partial charge in [0.15, 0.2) is 0 Å². The Bertz CT molecular complexity index is 355. The normalized spacial score (nSPS) is 24.9. The molecule has 19 heavy (non-hydrogen) atoms. The van der Waals surface area contributed by atoms with Crippen LogP contribution in [0.25, 0.3) is 0 Å². The minimum Gasteiger partial charge on any atom is -0.392 e. The van der Waals surface area contributed by atoms with Crippen LogP contribution in [0.2, 0.25) is 0 Å². The summed E-state index contributed by atoms with van der Waals surface area (Å²) < 4.78 is 0. The Balaban J connectivity index is 1.98. The van der Waals surface area contributed by atoms with E-state index >= 15 is 0 Å². The van der Waals surface area contributed by atoms with Crippen molar-refractivity contribution < 1.29 is 4.79 Å². The number of hydrogen-bond donors (Lipinski definition) is 2. The van der Waals surface area contributed by atoms with Gasteiger partial charge in [0.1, 0.15) is 0 Å². The van der Waals surface area contributed by atoms with Crippen LogP contribution >= 0.6 is 12.2 Å². The van der Waals surface area contributed by atoms with Crippen LogP contribution in [0.1, 0.15) is 64.7 Å². The predicted molar refractivity (Wildman–Crippen MR) is 81.9 cm³/mol. The van der Waals surface area contributed by atoms with Gasteiger partial charge >= 0.3 is 0 Å². The summed E-state index contributed by atoms with van der Waals surface area (Å²) in [5.74, 6) is 0.0767. The van der Waals surface area contributed by atoms with Gasteiger partial charge in [-0.15, -0.1) is 0 Å². The second-order valence-corrected chi connectivity index (χ2v) is 7.15. The predicted octanol–water partition coefficient (Wildman–Crippen LogP) is 2.92. The summed E-state index contributed by atoms with van der Waals surface area (Å²) in [5.41, 5.74) is 5.60. The fraction of sp³-hybridized carbons (Fsp3) is 0.867. The summed E-state index contributed by atoms with van der Waals surface area (Å²) in [4.78, 5) is 13.0. The van der Waals surface area contributed by atoms with Crippen LogP contribution in [0.5, 0.6) is 0 Å². The molecule has 2 aliphatic rings. The first-order chi connectivity index (χ1) is 8.99. The van der Waals surface area contributed by atoms with Gasteiger partial charge in [0.2, 0.25) is 5.91 Å². The van der Waals surface area contributed by atoms with Crippen LogP contribution in [-0.4, -0.2) is 17.4 Å². The molecule has 0 atom stereocenters. The Morgan fingerprint density at radius 1 is 1.11 bits per heavy atom. The highest BCUT2D eigenvalue weighted by Crippen LogP contribution is 2.39. The highest BCUT2D eigenvalue weighted by Gasteiger charge is 2.43. The van der Waals surface area contributed by atoms with Crippen molar-refractivity contribution in [1.82, 2.24) is 5.32 Å². The molecule has 0 unspecified atom stereocenters. The molecule has 108 valence electrons. The lowest BCUT2D eigenvalue weighted by Crippen LogP contribution is -2.51. The zero-order chi connectivity index (χ0) is 13.9. The van der Waals surface area contributed by atoms with Crippen molar-refractivity contribution in [1.29, 1.82) is 0 Å². The Labute approximate surface area is 121 Å². The Hall–Kier alpha value is -0.640. The first-order valence-electron chi connectivity index (χ1n) is 7.57. The molecule has 0 bridgehead atoms. The molecule has 0 heterocycles. The quantitative estimate of drug-likeness (QED) is 0.780. The fourth-order valence-electron chi connectivity index (χ4n) is 3.61. The third kappa shape index (κ3) is 3.10. The monoisotopic (exact) mass is 282 g/mol. The first-order valence-corrected chi connectivity index (χ1v) is 7.98. The topological polar surface area (TPSA) is 55.1 Å². The summed E-state index contributed by atoms with van der Waals surface area (Å²) in [7, 11) is 0. The fourth-order valence-corrected chi connectivity index (χ4v) is 3.91. The van der Waals surface area contributed by atoms with Crippen molar-refractivity contribution in [3.05, 3.63) is 0 Å². The van der Waals surface area contributed by atoms with E-state index in [-0.39, 0.29) is 11.3 Å². The molecular weight excluding hydrogens is 256 g/mol. The number of nitrogens with one attached hydrogen (secondary N) is 1. The molecule has 0 radical (unpaired) electrons. The minimum absolute atomic E-state index is 0.0767.